The highest BCUT2D eigenvalue weighted by atomic mass is 32.2. The molecule has 0 amide bonds. The quantitative estimate of drug-likeness (QED) is 0.307. The van der Waals surface area contributed by atoms with Crippen molar-refractivity contribution in [3.8, 4) is 0 Å². The fourth-order valence-corrected chi connectivity index (χ4v) is 11.9. The monoisotopic (exact) mass is 808 g/mol. The number of methoxy groups -OCH3 is 1. The lowest BCUT2D eigenvalue weighted by Crippen LogP contribution is -2.61. The summed E-state index contributed by atoms with van der Waals surface area (Å²) < 4.78 is 88.1. The Kier molecular flexibility index (Phi) is 11.2. The molecule has 0 aromatic carbocycles. The van der Waals surface area contributed by atoms with Gasteiger partial charge in [0, 0.05) is 51.6 Å². The van der Waals surface area contributed by atoms with Gasteiger partial charge in [0.25, 0.3) is 10.1 Å². The van der Waals surface area contributed by atoms with Crippen LogP contribution in [0.1, 0.15) is 90.4 Å². The van der Waals surface area contributed by atoms with E-state index in [1.165, 1.54) is 0 Å². The second-order valence-corrected chi connectivity index (χ2v) is 19.8. The van der Waals surface area contributed by atoms with E-state index in [0.29, 0.717) is 25.7 Å². The molecule has 10 aliphatic rings. The Hall–Kier alpha value is -1.34. The topological polar surface area (TPSA) is 164 Å². The van der Waals surface area contributed by atoms with Gasteiger partial charge in [-0.2, -0.15) is 8.42 Å². The molecule has 19 atom stereocenters. The minimum Gasteiger partial charge on any atom is -0.391 e. The predicted octanol–water partition coefficient (Wildman–Crippen LogP) is 3.46. The molecule has 15 heteroatoms. The van der Waals surface area contributed by atoms with Crippen LogP contribution < -0.4 is 0 Å². The number of aliphatic hydroxyl groups excluding tert-OH is 1. The van der Waals surface area contributed by atoms with Gasteiger partial charge < -0.3 is 47.7 Å². The minimum absolute atomic E-state index is 0.0168. The third kappa shape index (κ3) is 7.87. The number of fused-ring (bicyclic) bond motifs is 6. The Labute approximate surface area is 330 Å². The maximum Gasteiger partial charge on any atom is 0.264 e. The van der Waals surface area contributed by atoms with E-state index < -0.39 is 53.0 Å². The van der Waals surface area contributed by atoms with Gasteiger partial charge in [-0.25, -0.2) is 0 Å². The van der Waals surface area contributed by atoms with Gasteiger partial charge >= 0.3 is 0 Å². The average molecular weight is 809 g/mol. The molecule has 0 aromatic rings. The molecule has 1 N–H and O–H groups in total. The van der Waals surface area contributed by atoms with Crippen LogP contribution in [0.4, 0.5) is 0 Å². The van der Waals surface area contributed by atoms with Crippen molar-refractivity contribution in [1.82, 2.24) is 0 Å². The largest absolute Gasteiger partial charge is 0.391 e. The first-order valence-electron chi connectivity index (χ1n) is 21.0. The van der Waals surface area contributed by atoms with Crippen LogP contribution in [0, 0.1) is 11.8 Å². The molecule has 56 heavy (non-hydrogen) atoms. The zero-order valence-electron chi connectivity index (χ0n) is 32.9. The van der Waals surface area contributed by atoms with Crippen molar-refractivity contribution in [1.29, 1.82) is 0 Å². The number of carbonyl (C=O) groups is 1. The number of hydrogen-bond donors (Lipinski definition) is 1. The summed E-state index contributed by atoms with van der Waals surface area (Å²) >= 11 is 0. The van der Waals surface area contributed by atoms with E-state index in [4.69, 9.17) is 46.8 Å². The highest BCUT2D eigenvalue weighted by Crippen LogP contribution is 2.54. The highest BCUT2D eigenvalue weighted by molar-refractivity contribution is 7.85. The van der Waals surface area contributed by atoms with Crippen LogP contribution in [0.5, 0.6) is 0 Å². The fourth-order valence-electron chi connectivity index (χ4n) is 11.5. The van der Waals surface area contributed by atoms with Crippen molar-refractivity contribution >= 4 is 15.9 Å². The van der Waals surface area contributed by atoms with Crippen LogP contribution >= 0.6 is 0 Å². The van der Waals surface area contributed by atoms with Crippen molar-refractivity contribution in [3.63, 3.8) is 0 Å². The summed E-state index contributed by atoms with van der Waals surface area (Å²) in [5.74, 6) is -0.927. The molecule has 10 aliphatic heterocycles. The number of ketones is 1. The Balaban J connectivity index is 0.979. The van der Waals surface area contributed by atoms with Crippen molar-refractivity contribution in [2.24, 2.45) is 11.8 Å². The van der Waals surface area contributed by atoms with Gasteiger partial charge in [-0.1, -0.05) is 20.1 Å². The van der Waals surface area contributed by atoms with E-state index >= 15 is 0 Å². The summed E-state index contributed by atoms with van der Waals surface area (Å²) in [6.45, 7) is 10.6. The summed E-state index contributed by atoms with van der Waals surface area (Å²) in [5.41, 5.74) is 2.10. The Bertz CT molecular complexity index is 1620. The summed E-state index contributed by atoms with van der Waals surface area (Å²) in [4.78, 5) is 14.1. The van der Waals surface area contributed by atoms with Crippen molar-refractivity contribution in [2.45, 2.75) is 194 Å². The number of carbonyl (C=O) groups excluding carboxylic acids is 1. The molecule has 0 aromatic heterocycles. The maximum absolute atomic E-state index is 14.1. The molecule has 0 aliphatic carbocycles. The summed E-state index contributed by atoms with van der Waals surface area (Å²) in [7, 11) is -2.17. The van der Waals surface area contributed by atoms with E-state index in [1.54, 1.807) is 7.11 Å². The molecule has 0 unspecified atom stereocenters. The number of hydrogen-bond acceptors (Lipinski definition) is 14. The molecule has 10 saturated heterocycles. The number of ether oxygens (including phenoxy) is 9. The molecule has 10 rings (SSSR count). The fraction of sp³-hybridized carbons (Fsp3) is 0.878. The summed E-state index contributed by atoms with van der Waals surface area (Å²) in [6, 6.07) is 0. The predicted molar refractivity (Wildman–Crippen MR) is 198 cm³/mol. The molecule has 14 nitrogen and oxygen atoms in total. The van der Waals surface area contributed by atoms with E-state index in [9.17, 15) is 18.3 Å². The van der Waals surface area contributed by atoms with Crippen LogP contribution in [0.3, 0.4) is 0 Å². The summed E-state index contributed by atoms with van der Waals surface area (Å²) in [6.07, 6.45) is 3.43. The second kappa shape index (κ2) is 15.6. The Morgan fingerprint density at radius 1 is 0.804 bits per heavy atom. The molecule has 12 bridgehead atoms. The molecular weight excluding hydrogens is 749 g/mol. The van der Waals surface area contributed by atoms with Gasteiger partial charge in [0.1, 0.15) is 36.3 Å². The third-order valence-corrected chi connectivity index (χ3v) is 14.7. The maximum atomic E-state index is 14.1. The molecule has 0 saturated carbocycles. The smallest absolute Gasteiger partial charge is 0.264 e. The normalized spacial score (nSPS) is 49.8. The van der Waals surface area contributed by atoms with Crippen LogP contribution in [0.2, 0.25) is 0 Å². The van der Waals surface area contributed by atoms with Crippen molar-refractivity contribution in [3.05, 3.63) is 24.3 Å². The lowest BCUT2D eigenvalue weighted by atomic mass is 9.81. The molecule has 10 fully saturated rings. The molecular formula is C41H60O14S. The Morgan fingerprint density at radius 2 is 1.54 bits per heavy atom. The molecule has 314 valence electrons. The van der Waals surface area contributed by atoms with E-state index in [-0.39, 0.29) is 104 Å². The first kappa shape index (κ1) is 40.1. The first-order valence-corrected chi connectivity index (χ1v) is 22.8. The lowest BCUT2D eigenvalue weighted by Gasteiger charge is -2.47. The van der Waals surface area contributed by atoms with Gasteiger partial charge in [-0.3, -0.25) is 8.98 Å². The number of rotatable bonds is 6. The van der Waals surface area contributed by atoms with Crippen molar-refractivity contribution in [2.75, 3.05) is 20.0 Å². The van der Waals surface area contributed by atoms with Crippen LogP contribution in [-0.2, 0) is 61.7 Å². The summed E-state index contributed by atoms with van der Waals surface area (Å²) in [5, 5.41) is 10.8. The SMILES string of the molecule is C=C1C[C@@H]2CC[C@@]34C[C@H]5O[C@H]6[C@@H](O3)[C@H]3O[C@H](CC[C@@H]3O[C@H]6[C@H]5O4)CC(=O)C[C@@H]3[C@@H](OC)[C@@H](C[C@H](O)COS(C)(=O)=O)O[C@H]3C[C@H]3O[C@@H](CC[C@@H]1O2)C[C@@H](C)C3=C. The van der Waals surface area contributed by atoms with Gasteiger partial charge in [0.05, 0.1) is 80.0 Å². The molecule has 1 spiro atoms. The van der Waals surface area contributed by atoms with Crippen LogP contribution in [0.25, 0.3) is 0 Å². The van der Waals surface area contributed by atoms with Gasteiger partial charge in [0.2, 0.25) is 0 Å². The zero-order chi connectivity index (χ0) is 39.1. The highest BCUT2D eigenvalue weighted by Gasteiger charge is 2.68. The van der Waals surface area contributed by atoms with E-state index in [2.05, 4.69) is 20.1 Å². The van der Waals surface area contributed by atoms with Gasteiger partial charge in [0.15, 0.2) is 5.79 Å². The number of Topliss-reactive ketones (excluding diaryl/α,β-unsaturated/α-hetero) is 1. The van der Waals surface area contributed by atoms with E-state index in [1.807, 2.05) is 0 Å². The number of aliphatic hydroxyl groups is 1. The first-order chi connectivity index (χ1) is 26.7. The second-order valence-electron chi connectivity index (χ2n) is 18.2. The Morgan fingerprint density at radius 3 is 2.34 bits per heavy atom. The van der Waals surface area contributed by atoms with Crippen LogP contribution in [0.15, 0.2) is 24.3 Å². The third-order valence-electron chi connectivity index (χ3n) is 14.2. The van der Waals surface area contributed by atoms with Gasteiger partial charge in [-0.05, 0) is 62.0 Å². The lowest BCUT2D eigenvalue weighted by molar-refractivity contribution is -0.292. The zero-order valence-corrected chi connectivity index (χ0v) is 33.7. The standard InChI is InChI=1S/C41H60O14S/c1-20-12-25-6-8-29-21(2)13-27(48-29)10-11-41-18-34-37(54-41)38-39(53-34)40(55-41)36-30(52-38)9-7-26(50-36)14-23(42)15-28-32(17-31(49-25)22(20)3)51-33(35(28)46-4)16-24(43)19-47-56(5,44)45/h20,24-40,43H,2-3,6-19H2,1,4-5H3/t20-,24+,25+,26-,27+,28+,29+,30+,31-,32+,33-,34-,35-,36+,37+,38+,39-,40+,41+/m1/s1. The minimum atomic E-state index is -3.75. The molecule has 0 radical (unpaired) electrons. The average Bonchev–Trinajstić information content (AvgIpc) is 3.82. The van der Waals surface area contributed by atoms with Crippen molar-refractivity contribution < 1.29 is 65.1 Å². The van der Waals surface area contributed by atoms with Gasteiger partial charge in [-0.15, -0.1) is 0 Å². The van der Waals surface area contributed by atoms with Crippen LogP contribution in [-0.4, -0.2) is 143 Å². The molecule has 10 heterocycles. The van der Waals surface area contributed by atoms with E-state index in [0.717, 1.165) is 55.9 Å².